The van der Waals surface area contributed by atoms with Gasteiger partial charge in [-0.25, -0.2) is 13.4 Å². The molecule has 5 nitrogen and oxygen atoms in total. The van der Waals surface area contributed by atoms with Crippen LogP contribution in [0.3, 0.4) is 0 Å². The SMILES string of the molecule is CS(=O)(=O)Cc1ccc(CNC(=O)c2ccc3ccccc3n2)cc1. The monoisotopic (exact) mass is 354 g/mol. The van der Waals surface area contributed by atoms with Gasteiger partial charge in [0.15, 0.2) is 9.84 Å². The van der Waals surface area contributed by atoms with Crippen LogP contribution in [0, 0.1) is 0 Å². The summed E-state index contributed by atoms with van der Waals surface area (Å²) in [6, 6.07) is 18.3. The van der Waals surface area contributed by atoms with E-state index in [4.69, 9.17) is 0 Å². The van der Waals surface area contributed by atoms with Crippen molar-refractivity contribution in [1.29, 1.82) is 0 Å². The van der Waals surface area contributed by atoms with E-state index < -0.39 is 9.84 Å². The van der Waals surface area contributed by atoms with Gasteiger partial charge in [-0.15, -0.1) is 0 Å². The predicted octanol–water partition coefficient (Wildman–Crippen LogP) is 2.71. The average molecular weight is 354 g/mol. The Balaban J connectivity index is 1.65. The van der Waals surface area contributed by atoms with Crippen LogP contribution in [0.2, 0.25) is 0 Å². The van der Waals surface area contributed by atoms with Crippen molar-refractivity contribution in [1.82, 2.24) is 10.3 Å². The second kappa shape index (κ2) is 7.03. The van der Waals surface area contributed by atoms with E-state index in [0.29, 0.717) is 12.2 Å². The van der Waals surface area contributed by atoms with Gasteiger partial charge in [0, 0.05) is 18.2 Å². The van der Waals surface area contributed by atoms with Crippen molar-refractivity contribution in [2.45, 2.75) is 12.3 Å². The standard InChI is InChI=1S/C19H18N2O3S/c1-25(23,24)13-15-8-6-14(7-9-15)12-20-19(22)18-11-10-16-4-2-3-5-17(16)21-18/h2-11H,12-13H2,1H3,(H,20,22). The first-order chi connectivity index (χ1) is 11.9. The Kier molecular flexibility index (Phi) is 4.81. The highest BCUT2D eigenvalue weighted by molar-refractivity contribution is 7.89. The zero-order valence-electron chi connectivity index (χ0n) is 13.8. The Morgan fingerprint density at radius 1 is 0.960 bits per heavy atom. The van der Waals surface area contributed by atoms with Crippen LogP contribution in [-0.2, 0) is 22.1 Å². The van der Waals surface area contributed by atoms with Gasteiger partial charge < -0.3 is 5.32 Å². The number of amides is 1. The molecule has 0 atom stereocenters. The molecule has 0 unspecified atom stereocenters. The molecule has 1 N–H and O–H groups in total. The van der Waals surface area contributed by atoms with Gasteiger partial charge in [0.2, 0.25) is 0 Å². The molecule has 0 aliphatic carbocycles. The van der Waals surface area contributed by atoms with Crippen molar-refractivity contribution in [2.24, 2.45) is 0 Å². The Morgan fingerprint density at radius 2 is 1.64 bits per heavy atom. The molecule has 0 aliphatic rings. The summed E-state index contributed by atoms with van der Waals surface area (Å²) in [6.45, 7) is 0.354. The van der Waals surface area contributed by atoms with Gasteiger partial charge in [-0.05, 0) is 23.3 Å². The van der Waals surface area contributed by atoms with E-state index in [-0.39, 0.29) is 11.7 Å². The minimum Gasteiger partial charge on any atom is -0.347 e. The van der Waals surface area contributed by atoms with Crippen LogP contribution in [0.1, 0.15) is 21.6 Å². The van der Waals surface area contributed by atoms with Crippen LogP contribution in [0.5, 0.6) is 0 Å². The fourth-order valence-corrected chi connectivity index (χ4v) is 3.32. The molecule has 128 valence electrons. The molecule has 2 aromatic carbocycles. The molecule has 0 fully saturated rings. The van der Waals surface area contributed by atoms with Crippen molar-refractivity contribution in [3.05, 3.63) is 77.5 Å². The smallest absolute Gasteiger partial charge is 0.270 e. The summed E-state index contributed by atoms with van der Waals surface area (Å²) in [5, 5.41) is 3.81. The molecule has 0 bridgehead atoms. The highest BCUT2D eigenvalue weighted by Crippen LogP contribution is 2.12. The number of hydrogen-bond donors (Lipinski definition) is 1. The van der Waals surface area contributed by atoms with Crippen molar-refractivity contribution < 1.29 is 13.2 Å². The Labute approximate surface area is 146 Å². The number of nitrogens with one attached hydrogen (secondary N) is 1. The van der Waals surface area contributed by atoms with Crippen LogP contribution in [0.25, 0.3) is 10.9 Å². The number of para-hydroxylation sites is 1. The molecule has 0 aliphatic heterocycles. The van der Waals surface area contributed by atoms with Gasteiger partial charge in [-0.3, -0.25) is 4.79 Å². The van der Waals surface area contributed by atoms with E-state index in [0.717, 1.165) is 22.0 Å². The first kappa shape index (κ1) is 17.1. The van der Waals surface area contributed by atoms with Gasteiger partial charge >= 0.3 is 0 Å². The zero-order chi connectivity index (χ0) is 17.9. The summed E-state index contributed by atoms with van der Waals surface area (Å²) >= 11 is 0. The quantitative estimate of drug-likeness (QED) is 0.764. The van der Waals surface area contributed by atoms with Gasteiger partial charge in [-0.1, -0.05) is 48.5 Å². The zero-order valence-corrected chi connectivity index (χ0v) is 14.6. The van der Waals surface area contributed by atoms with Crippen molar-refractivity contribution in [2.75, 3.05) is 6.26 Å². The number of pyridine rings is 1. The minimum atomic E-state index is -3.05. The lowest BCUT2D eigenvalue weighted by Gasteiger charge is -2.07. The number of fused-ring (bicyclic) bond motifs is 1. The number of benzene rings is 2. The summed E-state index contributed by atoms with van der Waals surface area (Å²) in [5.41, 5.74) is 2.77. The summed E-state index contributed by atoms with van der Waals surface area (Å²) in [7, 11) is -3.05. The fraction of sp³-hybridized carbons (Fsp3) is 0.158. The molecule has 3 rings (SSSR count). The number of carbonyl (C=O) groups excluding carboxylic acids is 1. The number of rotatable bonds is 5. The lowest BCUT2D eigenvalue weighted by atomic mass is 10.1. The van der Waals surface area contributed by atoms with Crippen LogP contribution in [0.4, 0.5) is 0 Å². The third-order valence-electron chi connectivity index (χ3n) is 3.74. The largest absolute Gasteiger partial charge is 0.347 e. The average Bonchev–Trinajstić information content (AvgIpc) is 2.59. The number of hydrogen-bond acceptors (Lipinski definition) is 4. The Hall–Kier alpha value is -2.73. The van der Waals surface area contributed by atoms with Crippen molar-refractivity contribution in [3.63, 3.8) is 0 Å². The van der Waals surface area contributed by atoms with Crippen LogP contribution < -0.4 is 5.32 Å². The van der Waals surface area contributed by atoms with Gasteiger partial charge in [0.25, 0.3) is 5.91 Å². The van der Waals surface area contributed by atoms with Crippen LogP contribution in [0.15, 0.2) is 60.7 Å². The Bertz CT molecular complexity index is 1010. The van der Waals surface area contributed by atoms with Gasteiger partial charge in [-0.2, -0.15) is 0 Å². The number of aromatic nitrogens is 1. The number of sulfone groups is 1. The molecule has 3 aromatic rings. The van der Waals surface area contributed by atoms with Crippen LogP contribution in [-0.4, -0.2) is 25.6 Å². The second-order valence-electron chi connectivity index (χ2n) is 5.96. The molecule has 0 radical (unpaired) electrons. The molecule has 1 heterocycles. The highest BCUT2D eigenvalue weighted by atomic mass is 32.2. The van der Waals surface area contributed by atoms with Gasteiger partial charge in [0.1, 0.15) is 5.69 Å². The first-order valence-corrected chi connectivity index (χ1v) is 9.86. The van der Waals surface area contributed by atoms with Crippen molar-refractivity contribution >= 4 is 26.6 Å². The Morgan fingerprint density at radius 3 is 2.36 bits per heavy atom. The maximum Gasteiger partial charge on any atom is 0.270 e. The second-order valence-corrected chi connectivity index (χ2v) is 8.10. The normalized spacial score (nSPS) is 11.4. The molecule has 6 heteroatoms. The maximum absolute atomic E-state index is 12.3. The van der Waals surface area contributed by atoms with E-state index in [2.05, 4.69) is 10.3 Å². The van der Waals surface area contributed by atoms with E-state index >= 15 is 0 Å². The lowest BCUT2D eigenvalue weighted by Crippen LogP contribution is -2.23. The van der Waals surface area contributed by atoms with Crippen LogP contribution >= 0.6 is 0 Å². The van der Waals surface area contributed by atoms with E-state index in [1.54, 1.807) is 18.2 Å². The van der Waals surface area contributed by atoms with E-state index in [1.807, 2.05) is 42.5 Å². The molecule has 1 amide bonds. The summed E-state index contributed by atoms with van der Waals surface area (Å²) in [5.74, 6) is -0.230. The third kappa shape index (κ3) is 4.64. The minimum absolute atomic E-state index is 0.0145. The van der Waals surface area contributed by atoms with Gasteiger partial charge in [0.05, 0.1) is 11.3 Å². The van der Waals surface area contributed by atoms with Crippen molar-refractivity contribution in [3.8, 4) is 0 Å². The molecule has 0 saturated heterocycles. The third-order valence-corrected chi connectivity index (χ3v) is 4.59. The predicted molar refractivity (Wildman–Crippen MR) is 97.9 cm³/mol. The molecule has 0 spiro atoms. The summed E-state index contributed by atoms with van der Waals surface area (Å²) in [6.07, 6.45) is 1.21. The maximum atomic E-state index is 12.3. The molecular weight excluding hydrogens is 336 g/mol. The topological polar surface area (TPSA) is 76.1 Å². The molecule has 0 saturated carbocycles. The number of carbonyl (C=O) groups is 1. The molecular formula is C19H18N2O3S. The summed E-state index contributed by atoms with van der Waals surface area (Å²) in [4.78, 5) is 16.6. The lowest BCUT2D eigenvalue weighted by molar-refractivity contribution is 0.0946. The molecule has 25 heavy (non-hydrogen) atoms. The summed E-state index contributed by atoms with van der Waals surface area (Å²) < 4.78 is 22.6. The number of nitrogens with zero attached hydrogens (tertiary/aromatic N) is 1. The first-order valence-electron chi connectivity index (χ1n) is 7.80. The van der Waals surface area contributed by atoms with E-state index in [9.17, 15) is 13.2 Å². The van der Waals surface area contributed by atoms with E-state index in [1.165, 1.54) is 6.26 Å². The molecule has 1 aromatic heterocycles. The highest BCUT2D eigenvalue weighted by Gasteiger charge is 2.08. The fourth-order valence-electron chi connectivity index (χ4n) is 2.52.